The van der Waals surface area contributed by atoms with Gasteiger partial charge in [-0.15, -0.1) is 0 Å². The van der Waals surface area contributed by atoms with Gasteiger partial charge in [-0.3, -0.25) is 0 Å². The normalized spacial score (nSPS) is 16.4. The van der Waals surface area contributed by atoms with E-state index in [0.717, 1.165) is 25.1 Å². The largest absolute Gasteiger partial charge is 0.497 e. The lowest BCUT2D eigenvalue weighted by Crippen LogP contribution is -2.48. The van der Waals surface area contributed by atoms with Gasteiger partial charge in [0.05, 0.1) is 12.0 Å². The van der Waals surface area contributed by atoms with E-state index in [-0.39, 0.29) is 4.90 Å². The molecule has 0 N–H and O–H groups in total. The second kappa shape index (κ2) is 8.82. The molecule has 0 aliphatic carbocycles. The van der Waals surface area contributed by atoms with Crippen LogP contribution >= 0.6 is 0 Å². The van der Waals surface area contributed by atoms with Gasteiger partial charge in [0, 0.05) is 26.2 Å². The molecule has 2 aromatic carbocycles. The van der Waals surface area contributed by atoms with Crippen molar-refractivity contribution in [1.82, 2.24) is 9.21 Å². The molecule has 1 fully saturated rings. The van der Waals surface area contributed by atoms with Crippen LogP contribution < -0.4 is 4.74 Å². The van der Waals surface area contributed by atoms with E-state index in [1.54, 1.807) is 7.11 Å². The summed E-state index contributed by atoms with van der Waals surface area (Å²) in [6.45, 7) is 3.26. The first-order valence-corrected chi connectivity index (χ1v) is 10.5. The van der Waals surface area contributed by atoms with Crippen molar-refractivity contribution in [2.45, 2.75) is 17.7 Å². The number of methoxy groups -OCH3 is 1. The fraction of sp³-hybridized carbons (Fsp3) is 0.400. The van der Waals surface area contributed by atoms with Gasteiger partial charge in [-0.2, -0.15) is 4.31 Å². The number of hydrogen-bond donors (Lipinski definition) is 0. The van der Waals surface area contributed by atoms with Crippen LogP contribution in [0.5, 0.6) is 5.75 Å². The Bertz CT molecular complexity index is 848. The third kappa shape index (κ3) is 5.06. The summed E-state index contributed by atoms with van der Waals surface area (Å²) in [5.74, 6) is 0.432. The third-order valence-corrected chi connectivity index (χ3v) is 6.77. The van der Waals surface area contributed by atoms with Crippen LogP contribution in [0.4, 0.5) is 4.39 Å². The number of hydrogen-bond acceptors (Lipinski definition) is 4. The summed E-state index contributed by atoms with van der Waals surface area (Å²) in [4.78, 5) is 2.44. The molecule has 3 rings (SSSR count). The average Bonchev–Trinajstić information content (AvgIpc) is 2.69. The Morgan fingerprint density at radius 2 is 1.74 bits per heavy atom. The van der Waals surface area contributed by atoms with Gasteiger partial charge < -0.3 is 9.64 Å². The Kier molecular flexibility index (Phi) is 6.46. The van der Waals surface area contributed by atoms with E-state index in [1.165, 1.54) is 34.1 Å². The maximum absolute atomic E-state index is 13.0. The summed E-state index contributed by atoms with van der Waals surface area (Å²) in [5, 5.41) is 0. The standard InChI is InChI=1S/C20H25FN2O3S/c1-26-19-6-2-4-17(16-19)5-3-11-22-12-14-23(15-13-22)27(24,25)20-9-7-18(21)8-10-20/h2,4,6-10,16H,3,5,11-15H2,1H3. The van der Waals surface area contributed by atoms with Crippen molar-refractivity contribution in [3.63, 3.8) is 0 Å². The molecule has 7 heteroatoms. The highest BCUT2D eigenvalue weighted by Gasteiger charge is 2.28. The molecule has 1 aliphatic rings. The second-order valence-electron chi connectivity index (χ2n) is 6.65. The van der Waals surface area contributed by atoms with Crippen molar-refractivity contribution in [2.75, 3.05) is 39.8 Å². The lowest BCUT2D eigenvalue weighted by molar-refractivity contribution is 0.187. The molecule has 0 atom stereocenters. The molecule has 5 nitrogen and oxygen atoms in total. The number of sulfonamides is 1. The molecule has 0 spiro atoms. The van der Waals surface area contributed by atoms with Gasteiger partial charge in [0.1, 0.15) is 11.6 Å². The summed E-state index contributed by atoms with van der Waals surface area (Å²) in [7, 11) is -1.88. The molecule has 0 radical (unpaired) electrons. The van der Waals surface area contributed by atoms with Crippen molar-refractivity contribution in [3.05, 3.63) is 59.9 Å². The molecule has 0 bridgehead atoms. The molecule has 0 saturated carbocycles. The first-order chi connectivity index (χ1) is 13.0. The van der Waals surface area contributed by atoms with Crippen molar-refractivity contribution < 1.29 is 17.5 Å². The lowest BCUT2D eigenvalue weighted by Gasteiger charge is -2.34. The van der Waals surface area contributed by atoms with Crippen LogP contribution in [0.3, 0.4) is 0 Å². The van der Waals surface area contributed by atoms with Crippen molar-refractivity contribution in [2.24, 2.45) is 0 Å². The van der Waals surface area contributed by atoms with E-state index in [9.17, 15) is 12.8 Å². The average molecular weight is 392 g/mol. The van der Waals surface area contributed by atoms with Gasteiger partial charge in [0.15, 0.2) is 0 Å². The van der Waals surface area contributed by atoms with Gasteiger partial charge in [0.2, 0.25) is 10.0 Å². The molecule has 146 valence electrons. The number of aryl methyl sites for hydroxylation is 1. The fourth-order valence-corrected chi connectivity index (χ4v) is 4.71. The Morgan fingerprint density at radius 3 is 2.41 bits per heavy atom. The molecular weight excluding hydrogens is 367 g/mol. The number of piperazine rings is 1. The van der Waals surface area contributed by atoms with E-state index in [1.807, 2.05) is 18.2 Å². The minimum Gasteiger partial charge on any atom is -0.497 e. The highest BCUT2D eigenvalue weighted by atomic mass is 32.2. The zero-order valence-electron chi connectivity index (χ0n) is 15.5. The molecular formula is C20H25FN2O3S. The Labute approximate surface area is 160 Å². The number of benzene rings is 2. The minimum atomic E-state index is -3.55. The highest BCUT2D eigenvalue weighted by molar-refractivity contribution is 7.89. The summed E-state index contributed by atoms with van der Waals surface area (Å²) in [6.07, 6.45) is 1.98. The van der Waals surface area contributed by atoms with E-state index >= 15 is 0 Å². The monoisotopic (exact) mass is 392 g/mol. The van der Waals surface area contributed by atoms with Crippen LogP contribution in [0.1, 0.15) is 12.0 Å². The van der Waals surface area contributed by atoms with Crippen molar-refractivity contribution in [3.8, 4) is 5.75 Å². The zero-order valence-corrected chi connectivity index (χ0v) is 16.3. The van der Waals surface area contributed by atoms with Crippen molar-refractivity contribution >= 4 is 10.0 Å². The predicted octanol–water partition coefficient (Wildman–Crippen LogP) is 2.77. The minimum absolute atomic E-state index is 0.148. The number of halogens is 1. The maximum Gasteiger partial charge on any atom is 0.243 e. The van der Waals surface area contributed by atoms with Crippen LogP contribution in [0.2, 0.25) is 0 Å². The first-order valence-electron chi connectivity index (χ1n) is 9.10. The molecule has 0 unspecified atom stereocenters. The first kappa shape index (κ1) is 19.8. The summed E-state index contributed by atoms with van der Waals surface area (Å²) in [5.41, 5.74) is 1.24. The Balaban J connectivity index is 1.48. The lowest BCUT2D eigenvalue weighted by atomic mass is 10.1. The van der Waals surface area contributed by atoms with Gasteiger partial charge in [0.25, 0.3) is 0 Å². The van der Waals surface area contributed by atoms with Crippen molar-refractivity contribution in [1.29, 1.82) is 0 Å². The predicted molar refractivity (Wildman–Crippen MR) is 103 cm³/mol. The zero-order chi connectivity index (χ0) is 19.3. The third-order valence-electron chi connectivity index (χ3n) is 4.86. The number of ether oxygens (including phenoxy) is 1. The summed E-state index contributed by atoms with van der Waals surface area (Å²) < 4.78 is 45.0. The van der Waals surface area contributed by atoms with E-state index in [4.69, 9.17) is 4.74 Å². The topological polar surface area (TPSA) is 49.9 Å². The molecule has 1 heterocycles. The molecule has 27 heavy (non-hydrogen) atoms. The second-order valence-corrected chi connectivity index (χ2v) is 8.59. The molecule has 1 saturated heterocycles. The molecule has 1 aliphatic heterocycles. The smallest absolute Gasteiger partial charge is 0.243 e. The van der Waals surface area contributed by atoms with Crippen LogP contribution in [-0.2, 0) is 16.4 Å². The maximum atomic E-state index is 13.0. The fourth-order valence-electron chi connectivity index (χ4n) is 3.28. The molecule has 0 amide bonds. The van der Waals surface area contributed by atoms with Gasteiger partial charge in [-0.1, -0.05) is 12.1 Å². The highest BCUT2D eigenvalue weighted by Crippen LogP contribution is 2.19. The van der Waals surface area contributed by atoms with E-state index < -0.39 is 15.8 Å². The van der Waals surface area contributed by atoms with E-state index in [0.29, 0.717) is 26.2 Å². The number of nitrogens with zero attached hydrogens (tertiary/aromatic N) is 2. The summed E-state index contributed by atoms with van der Waals surface area (Å²) >= 11 is 0. The summed E-state index contributed by atoms with van der Waals surface area (Å²) in [6, 6.07) is 13.1. The van der Waals surface area contributed by atoms with Gasteiger partial charge >= 0.3 is 0 Å². The Hall–Kier alpha value is -1.96. The quantitative estimate of drug-likeness (QED) is 0.727. The van der Waals surface area contributed by atoms with Gasteiger partial charge in [-0.05, 0) is 61.3 Å². The van der Waals surface area contributed by atoms with Crippen LogP contribution in [-0.4, -0.2) is 57.5 Å². The van der Waals surface area contributed by atoms with Crippen LogP contribution in [0.15, 0.2) is 53.4 Å². The Morgan fingerprint density at radius 1 is 1.04 bits per heavy atom. The van der Waals surface area contributed by atoms with Gasteiger partial charge in [-0.25, -0.2) is 12.8 Å². The van der Waals surface area contributed by atoms with E-state index in [2.05, 4.69) is 11.0 Å². The number of rotatable bonds is 7. The molecule has 2 aromatic rings. The van der Waals surface area contributed by atoms with Crippen LogP contribution in [0, 0.1) is 5.82 Å². The SMILES string of the molecule is COc1cccc(CCCN2CCN(S(=O)(=O)c3ccc(F)cc3)CC2)c1. The van der Waals surface area contributed by atoms with Crippen LogP contribution in [0.25, 0.3) is 0 Å². The molecule has 0 aromatic heterocycles.